The molecule has 61 valence electrons. The van der Waals surface area contributed by atoms with Crippen molar-refractivity contribution in [2.24, 2.45) is 0 Å². The zero-order valence-corrected chi connectivity index (χ0v) is 13.8. The largest absolute Gasteiger partial charge is 0.214 e. The fourth-order valence-electron chi connectivity index (χ4n) is 0.124. The Hall–Kier alpha value is 2.84. The van der Waals surface area contributed by atoms with Crippen molar-refractivity contribution in [2.75, 3.05) is 0 Å². The van der Waals surface area contributed by atoms with Crippen LogP contribution in [0.1, 0.15) is 0 Å². The van der Waals surface area contributed by atoms with E-state index in [1.165, 1.54) is 0 Å². The SMILES string of the molecule is [O]C(Br)(C(Br)Br)C(Br)(Br)Br. The van der Waals surface area contributed by atoms with E-state index >= 15 is 0 Å². The fraction of sp³-hybridized carbons (Fsp3) is 1.00. The number of hydrogen-bond donors (Lipinski definition) is 0. The molecule has 0 heterocycles. The standard InChI is InChI=1S/C3HBr6O/c4-1(5)2(6,10)3(7,8)9/h1H. The molecule has 0 aromatic carbocycles. The third-order valence-corrected chi connectivity index (χ3v) is 7.60. The molecule has 0 aliphatic heterocycles. The van der Waals surface area contributed by atoms with Crippen LogP contribution in [0.3, 0.4) is 0 Å². The van der Waals surface area contributed by atoms with Gasteiger partial charge in [0, 0.05) is 0 Å². The molecule has 0 N–H and O–H groups in total. The van der Waals surface area contributed by atoms with Crippen molar-refractivity contribution in [2.45, 2.75) is 10.4 Å². The van der Waals surface area contributed by atoms with Crippen LogP contribution in [0.2, 0.25) is 0 Å². The van der Waals surface area contributed by atoms with E-state index in [-0.39, 0.29) is 0 Å². The quantitative estimate of drug-likeness (QED) is 0.445. The maximum atomic E-state index is 11.5. The maximum absolute atomic E-state index is 11.5. The molecule has 1 unspecified atom stereocenters. The van der Waals surface area contributed by atoms with Gasteiger partial charge in [-0.3, -0.25) is 0 Å². The van der Waals surface area contributed by atoms with Gasteiger partial charge in [-0.05, 0) is 15.9 Å². The monoisotopic (exact) mass is 527 g/mol. The molecule has 0 aromatic rings. The van der Waals surface area contributed by atoms with E-state index in [1.807, 2.05) is 0 Å². The fourth-order valence-corrected chi connectivity index (χ4v) is 3.34. The lowest BCUT2D eigenvalue weighted by Gasteiger charge is -2.28. The molecule has 0 rings (SSSR count). The van der Waals surface area contributed by atoms with Gasteiger partial charge in [-0.15, -0.1) is 0 Å². The Morgan fingerprint density at radius 3 is 1.30 bits per heavy atom. The first-order valence-electron chi connectivity index (χ1n) is 1.94. The normalized spacial score (nSPS) is 19.2. The van der Waals surface area contributed by atoms with Gasteiger partial charge in [0.1, 0.15) is 3.74 Å². The Morgan fingerprint density at radius 1 is 1.00 bits per heavy atom. The first kappa shape index (κ1) is 12.8. The van der Waals surface area contributed by atoms with E-state index in [1.54, 1.807) is 0 Å². The van der Waals surface area contributed by atoms with Crippen LogP contribution in [0.15, 0.2) is 0 Å². The third kappa shape index (κ3) is 3.30. The number of alkyl halides is 6. The van der Waals surface area contributed by atoms with Gasteiger partial charge >= 0.3 is 0 Å². The van der Waals surface area contributed by atoms with Crippen LogP contribution < -0.4 is 0 Å². The zero-order chi connectivity index (χ0) is 8.58. The molecular weight excluding hydrogens is 531 g/mol. The molecule has 0 aliphatic rings. The van der Waals surface area contributed by atoms with Gasteiger partial charge in [-0.2, -0.15) is 0 Å². The molecular formula is C3HBr6O. The predicted molar refractivity (Wildman–Crippen MR) is 63.5 cm³/mol. The summed E-state index contributed by atoms with van der Waals surface area (Å²) in [4.78, 5) is 0. The average Bonchev–Trinajstić information content (AvgIpc) is 1.62. The van der Waals surface area contributed by atoms with Crippen LogP contribution in [-0.2, 0) is 5.11 Å². The van der Waals surface area contributed by atoms with Gasteiger partial charge in [-0.25, -0.2) is 5.11 Å². The minimum Gasteiger partial charge on any atom is -0.211 e. The lowest BCUT2D eigenvalue weighted by Crippen LogP contribution is -2.39. The highest BCUT2D eigenvalue weighted by Gasteiger charge is 2.49. The summed E-state index contributed by atoms with van der Waals surface area (Å²) < 4.78 is -2.69. The van der Waals surface area contributed by atoms with E-state index in [9.17, 15) is 5.11 Å². The van der Waals surface area contributed by atoms with Gasteiger partial charge in [0.15, 0.2) is 2.14 Å². The van der Waals surface area contributed by atoms with Crippen molar-refractivity contribution in [3.05, 3.63) is 0 Å². The van der Waals surface area contributed by atoms with Crippen LogP contribution in [0.5, 0.6) is 0 Å². The van der Waals surface area contributed by atoms with E-state index in [2.05, 4.69) is 95.6 Å². The molecule has 0 fully saturated rings. The second-order valence-electron chi connectivity index (χ2n) is 1.44. The second kappa shape index (κ2) is 4.37. The Bertz CT molecular complexity index is 115. The predicted octanol–water partition coefficient (Wildman–Crippen LogP) is 4.46. The first-order valence-corrected chi connectivity index (χ1v) is 6.94. The molecule has 0 amide bonds. The molecule has 0 aromatic heterocycles. The highest BCUT2D eigenvalue weighted by molar-refractivity contribution is 9.40. The van der Waals surface area contributed by atoms with Crippen molar-refractivity contribution in [3.63, 3.8) is 0 Å². The van der Waals surface area contributed by atoms with E-state index in [0.717, 1.165) is 0 Å². The average molecular weight is 532 g/mol. The number of rotatable bonds is 1. The van der Waals surface area contributed by atoms with Gasteiger partial charge in [-0.1, -0.05) is 79.6 Å². The van der Waals surface area contributed by atoms with Gasteiger partial charge in [0.2, 0.25) is 4.51 Å². The summed E-state index contributed by atoms with van der Waals surface area (Å²) in [5.74, 6) is 0. The van der Waals surface area contributed by atoms with Crippen molar-refractivity contribution in [1.82, 2.24) is 0 Å². The topological polar surface area (TPSA) is 19.9 Å². The van der Waals surface area contributed by atoms with Gasteiger partial charge in [0.05, 0.1) is 0 Å². The molecule has 1 nitrogen and oxygen atoms in total. The van der Waals surface area contributed by atoms with Crippen molar-refractivity contribution < 1.29 is 5.11 Å². The summed E-state index contributed by atoms with van der Waals surface area (Å²) >= 11 is 18.5. The van der Waals surface area contributed by atoms with Gasteiger partial charge in [0.25, 0.3) is 0 Å². The first-order chi connectivity index (χ1) is 4.19. The summed E-state index contributed by atoms with van der Waals surface area (Å²) in [5, 5.41) is 11.5. The lowest BCUT2D eigenvalue weighted by molar-refractivity contribution is 0.0914. The summed E-state index contributed by atoms with van der Waals surface area (Å²) in [5.41, 5.74) is 0. The van der Waals surface area contributed by atoms with Crippen molar-refractivity contribution in [1.29, 1.82) is 0 Å². The minimum atomic E-state index is -1.42. The highest BCUT2D eigenvalue weighted by Crippen LogP contribution is 2.52. The maximum Gasteiger partial charge on any atom is 0.214 e. The highest BCUT2D eigenvalue weighted by atomic mass is 80.0. The van der Waals surface area contributed by atoms with E-state index < -0.39 is 10.4 Å². The molecule has 7 heteroatoms. The van der Waals surface area contributed by atoms with Crippen molar-refractivity contribution >= 4 is 95.6 Å². The third-order valence-electron chi connectivity index (χ3n) is 0.667. The summed E-state index contributed by atoms with van der Waals surface area (Å²) in [7, 11) is 0. The molecule has 1 radical (unpaired) electrons. The molecule has 1 atom stereocenters. The molecule has 0 saturated carbocycles. The Morgan fingerprint density at radius 2 is 1.30 bits per heavy atom. The van der Waals surface area contributed by atoms with Crippen LogP contribution in [0.25, 0.3) is 0 Å². The summed E-state index contributed by atoms with van der Waals surface area (Å²) in [6.45, 7) is 0. The van der Waals surface area contributed by atoms with Crippen molar-refractivity contribution in [3.8, 4) is 0 Å². The van der Waals surface area contributed by atoms with Crippen LogP contribution in [-0.4, -0.2) is 10.4 Å². The minimum absolute atomic E-state index is 0.398. The molecule has 0 aliphatic carbocycles. The van der Waals surface area contributed by atoms with Crippen LogP contribution >= 0.6 is 95.6 Å². The van der Waals surface area contributed by atoms with Crippen LogP contribution in [0, 0.1) is 0 Å². The number of halogens is 6. The summed E-state index contributed by atoms with van der Waals surface area (Å²) in [6, 6.07) is 0. The molecule has 0 spiro atoms. The van der Waals surface area contributed by atoms with Gasteiger partial charge < -0.3 is 0 Å². The second-order valence-corrected chi connectivity index (χ2v) is 12.4. The Kier molecular flexibility index (Phi) is 5.61. The van der Waals surface area contributed by atoms with E-state index in [4.69, 9.17) is 0 Å². The molecule has 10 heavy (non-hydrogen) atoms. The summed E-state index contributed by atoms with van der Waals surface area (Å²) in [6.07, 6.45) is 0. The smallest absolute Gasteiger partial charge is 0.211 e. The zero-order valence-electron chi connectivity index (χ0n) is 4.25. The number of hydrogen-bond acceptors (Lipinski definition) is 0. The molecule has 0 saturated heterocycles. The Labute approximate surface area is 109 Å². The molecule has 0 bridgehead atoms. The lowest BCUT2D eigenvalue weighted by atomic mass is 10.5. The Balaban J connectivity index is 4.40. The van der Waals surface area contributed by atoms with Crippen LogP contribution in [0.4, 0.5) is 0 Å². The van der Waals surface area contributed by atoms with E-state index in [0.29, 0.717) is 0 Å².